The average molecular weight is 536 g/mol. The Balaban J connectivity index is 1.66. The molecule has 200 valence electrons. The Morgan fingerprint density at radius 2 is 1.76 bits per heavy atom. The van der Waals surface area contributed by atoms with Crippen molar-refractivity contribution in [3.05, 3.63) is 95.3 Å². The first-order chi connectivity index (χ1) is 18.4. The van der Waals surface area contributed by atoms with Crippen LogP contribution < -0.4 is 16.4 Å². The standard InChI is InChI=1S/C30H35ClFN5O/c1-20(2)22-10-12-23(13-11-22)30(38)37(19-21-7-4-3-5-8-21)27(9-6-16-34-28(33)18-31)29-35-25-15-14-24(32)17-26(25)36-29/h3-5,7-8,10-15,17,20,27,29,35-36H,6,9,16,18-19H2,1-2H3,(H2,33,34). The van der Waals surface area contributed by atoms with Crippen LogP contribution in [-0.2, 0) is 6.54 Å². The smallest absolute Gasteiger partial charge is 0.254 e. The van der Waals surface area contributed by atoms with Crippen molar-refractivity contribution in [2.45, 2.75) is 51.4 Å². The maximum absolute atomic E-state index is 14.1. The summed E-state index contributed by atoms with van der Waals surface area (Å²) in [5.41, 5.74) is 10.1. The Morgan fingerprint density at radius 1 is 1.05 bits per heavy atom. The highest BCUT2D eigenvalue weighted by Crippen LogP contribution is 2.33. The molecule has 3 aromatic rings. The minimum atomic E-state index is -0.316. The summed E-state index contributed by atoms with van der Waals surface area (Å²) in [6, 6.07) is 22.1. The number of halogens is 2. The van der Waals surface area contributed by atoms with E-state index in [1.807, 2.05) is 59.5 Å². The molecular formula is C30H35ClFN5O. The van der Waals surface area contributed by atoms with Crippen molar-refractivity contribution >= 4 is 34.7 Å². The molecule has 4 N–H and O–H groups in total. The van der Waals surface area contributed by atoms with Crippen LogP contribution in [0, 0.1) is 5.82 Å². The summed E-state index contributed by atoms with van der Waals surface area (Å²) in [6.45, 7) is 5.19. The molecule has 6 nitrogen and oxygen atoms in total. The second-order valence-electron chi connectivity index (χ2n) is 9.87. The van der Waals surface area contributed by atoms with E-state index in [1.165, 1.54) is 17.7 Å². The number of hydrogen-bond acceptors (Lipinski definition) is 4. The van der Waals surface area contributed by atoms with Crippen molar-refractivity contribution in [1.29, 1.82) is 0 Å². The van der Waals surface area contributed by atoms with Gasteiger partial charge in [-0.3, -0.25) is 9.79 Å². The molecule has 1 aliphatic heterocycles. The Bertz CT molecular complexity index is 1250. The van der Waals surface area contributed by atoms with Gasteiger partial charge in [0.25, 0.3) is 5.91 Å². The van der Waals surface area contributed by atoms with E-state index in [4.69, 9.17) is 17.3 Å². The molecule has 0 saturated heterocycles. The lowest BCUT2D eigenvalue weighted by molar-refractivity contribution is 0.0635. The molecule has 8 heteroatoms. The fraction of sp³-hybridized carbons (Fsp3) is 0.333. The van der Waals surface area contributed by atoms with Gasteiger partial charge in [0.15, 0.2) is 0 Å². The molecule has 0 saturated carbocycles. The van der Waals surface area contributed by atoms with Crippen molar-refractivity contribution in [3.63, 3.8) is 0 Å². The number of amidine groups is 1. The number of nitrogens with two attached hydrogens (primary N) is 1. The highest BCUT2D eigenvalue weighted by Gasteiger charge is 2.35. The summed E-state index contributed by atoms with van der Waals surface area (Å²) in [7, 11) is 0. The van der Waals surface area contributed by atoms with Gasteiger partial charge in [-0.15, -0.1) is 11.6 Å². The molecule has 1 amide bonds. The first-order valence-corrected chi connectivity index (χ1v) is 13.5. The molecule has 0 fully saturated rings. The van der Waals surface area contributed by atoms with Gasteiger partial charge in [0, 0.05) is 18.7 Å². The van der Waals surface area contributed by atoms with Gasteiger partial charge < -0.3 is 21.3 Å². The van der Waals surface area contributed by atoms with E-state index in [1.54, 1.807) is 6.07 Å². The van der Waals surface area contributed by atoms with Crippen molar-refractivity contribution in [2.75, 3.05) is 23.1 Å². The van der Waals surface area contributed by atoms with Gasteiger partial charge in [-0.1, -0.05) is 56.3 Å². The Kier molecular flexibility index (Phi) is 9.24. The molecule has 4 rings (SSSR count). The van der Waals surface area contributed by atoms with E-state index < -0.39 is 0 Å². The zero-order chi connectivity index (χ0) is 27.1. The molecule has 0 radical (unpaired) electrons. The first-order valence-electron chi connectivity index (χ1n) is 13.0. The van der Waals surface area contributed by atoms with Gasteiger partial charge in [-0.2, -0.15) is 0 Å². The third-order valence-corrected chi connectivity index (χ3v) is 7.05. The van der Waals surface area contributed by atoms with Gasteiger partial charge in [0.2, 0.25) is 0 Å². The van der Waals surface area contributed by atoms with Crippen molar-refractivity contribution < 1.29 is 9.18 Å². The molecule has 0 aliphatic carbocycles. The highest BCUT2D eigenvalue weighted by atomic mass is 35.5. The molecule has 38 heavy (non-hydrogen) atoms. The second-order valence-corrected chi connectivity index (χ2v) is 10.1. The average Bonchev–Trinajstić information content (AvgIpc) is 3.35. The number of carbonyl (C=O) groups is 1. The Morgan fingerprint density at radius 3 is 2.45 bits per heavy atom. The number of anilines is 2. The number of carbonyl (C=O) groups excluding carboxylic acids is 1. The van der Waals surface area contributed by atoms with Crippen LogP contribution in [-0.4, -0.2) is 41.3 Å². The van der Waals surface area contributed by atoms with Crippen molar-refractivity contribution in [1.82, 2.24) is 4.90 Å². The van der Waals surface area contributed by atoms with Crippen LogP contribution in [0.25, 0.3) is 0 Å². The molecule has 0 aromatic heterocycles. The Hall–Kier alpha value is -3.58. The van der Waals surface area contributed by atoms with E-state index in [9.17, 15) is 9.18 Å². The molecule has 2 atom stereocenters. The zero-order valence-corrected chi connectivity index (χ0v) is 22.6. The third kappa shape index (κ3) is 6.84. The monoisotopic (exact) mass is 535 g/mol. The van der Waals surface area contributed by atoms with E-state index in [2.05, 4.69) is 29.5 Å². The normalized spacial score (nSPS) is 15.5. The molecule has 0 spiro atoms. The fourth-order valence-electron chi connectivity index (χ4n) is 4.69. The maximum atomic E-state index is 14.1. The van der Waals surface area contributed by atoms with Crippen LogP contribution in [0.15, 0.2) is 77.8 Å². The minimum absolute atomic E-state index is 0.0660. The fourth-order valence-corrected chi connectivity index (χ4v) is 4.77. The molecule has 3 aromatic carbocycles. The molecular weight excluding hydrogens is 501 g/mol. The number of amides is 1. The summed E-state index contributed by atoms with van der Waals surface area (Å²) in [6.07, 6.45) is 1.02. The lowest BCUT2D eigenvalue weighted by Gasteiger charge is -2.36. The molecule has 1 heterocycles. The summed E-state index contributed by atoms with van der Waals surface area (Å²) < 4.78 is 14.0. The van der Waals surface area contributed by atoms with Gasteiger partial charge in [0.1, 0.15) is 17.8 Å². The van der Waals surface area contributed by atoms with E-state index in [-0.39, 0.29) is 29.8 Å². The van der Waals surface area contributed by atoms with Crippen LogP contribution in [0.3, 0.4) is 0 Å². The van der Waals surface area contributed by atoms with Crippen LogP contribution in [0.1, 0.15) is 54.1 Å². The molecule has 0 bridgehead atoms. The number of aliphatic imine (C=N–C) groups is 1. The van der Waals surface area contributed by atoms with E-state index in [0.29, 0.717) is 48.9 Å². The van der Waals surface area contributed by atoms with Gasteiger partial charge >= 0.3 is 0 Å². The number of hydrogen-bond donors (Lipinski definition) is 3. The van der Waals surface area contributed by atoms with E-state index >= 15 is 0 Å². The van der Waals surface area contributed by atoms with E-state index in [0.717, 1.165) is 11.3 Å². The number of alkyl halides is 1. The number of benzene rings is 3. The Labute approximate surface area is 229 Å². The van der Waals surface area contributed by atoms with Crippen LogP contribution in [0.2, 0.25) is 0 Å². The predicted molar refractivity (Wildman–Crippen MR) is 155 cm³/mol. The largest absolute Gasteiger partial charge is 0.386 e. The number of fused-ring (bicyclic) bond motifs is 1. The third-order valence-electron chi connectivity index (χ3n) is 6.78. The zero-order valence-electron chi connectivity index (χ0n) is 21.8. The topological polar surface area (TPSA) is 82.8 Å². The van der Waals surface area contributed by atoms with Gasteiger partial charge in [-0.05, 0) is 60.2 Å². The summed E-state index contributed by atoms with van der Waals surface area (Å²) in [5, 5.41) is 6.87. The SMILES string of the molecule is CC(C)c1ccc(C(=O)N(Cc2ccccc2)C(CCCN=C(N)CCl)C2Nc3ccc(F)cc3N2)cc1. The van der Waals surface area contributed by atoms with Crippen LogP contribution >= 0.6 is 11.6 Å². The molecule has 1 aliphatic rings. The molecule has 2 unspecified atom stereocenters. The minimum Gasteiger partial charge on any atom is -0.386 e. The highest BCUT2D eigenvalue weighted by molar-refractivity contribution is 6.27. The second kappa shape index (κ2) is 12.8. The number of nitrogens with zero attached hydrogens (tertiary/aromatic N) is 2. The maximum Gasteiger partial charge on any atom is 0.254 e. The lowest BCUT2D eigenvalue weighted by Crippen LogP contribution is -2.51. The van der Waals surface area contributed by atoms with Crippen molar-refractivity contribution in [3.8, 4) is 0 Å². The lowest BCUT2D eigenvalue weighted by atomic mass is 10.00. The summed E-state index contributed by atoms with van der Waals surface area (Å²) in [4.78, 5) is 20.3. The quantitative estimate of drug-likeness (QED) is 0.118. The number of nitrogens with one attached hydrogen (secondary N) is 2. The van der Waals surface area contributed by atoms with Gasteiger partial charge in [0.05, 0.1) is 23.3 Å². The predicted octanol–water partition coefficient (Wildman–Crippen LogP) is 6.20. The van der Waals surface area contributed by atoms with Crippen LogP contribution in [0.4, 0.5) is 15.8 Å². The first kappa shape index (κ1) is 27.5. The summed E-state index contributed by atoms with van der Waals surface area (Å²) >= 11 is 5.78. The summed E-state index contributed by atoms with van der Waals surface area (Å²) in [5.74, 6) is 0.568. The number of rotatable bonds is 11. The van der Waals surface area contributed by atoms with Gasteiger partial charge in [-0.25, -0.2) is 4.39 Å². The van der Waals surface area contributed by atoms with Crippen LogP contribution in [0.5, 0.6) is 0 Å². The van der Waals surface area contributed by atoms with Crippen molar-refractivity contribution in [2.24, 2.45) is 10.7 Å².